The highest BCUT2D eigenvalue weighted by molar-refractivity contribution is 7.91. The van der Waals surface area contributed by atoms with Gasteiger partial charge in [-0.2, -0.15) is 0 Å². The van der Waals surface area contributed by atoms with Crippen LogP contribution in [0.2, 0.25) is 0 Å². The zero-order valence-corrected chi connectivity index (χ0v) is 13.2. The van der Waals surface area contributed by atoms with Crippen LogP contribution in [0.15, 0.2) is 22.8 Å². The first kappa shape index (κ1) is 15.4. The molecule has 0 radical (unpaired) electrons. The van der Waals surface area contributed by atoms with Gasteiger partial charge in [-0.25, -0.2) is 13.2 Å². The van der Waals surface area contributed by atoms with Gasteiger partial charge in [-0.15, -0.1) is 0 Å². The number of hydrogen-bond donors (Lipinski definition) is 1. The Morgan fingerprint density at radius 1 is 1.32 bits per heavy atom. The molecule has 2 aliphatic rings. The van der Waals surface area contributed by atoms with Crippen LogP contribution in [0.1, 0.15) is 12.2 Å². The number of urea groups is 1. The second-order valence-corrected chi connectivity index (χ2v) is 8.05. The van der Waals surface area contributed by atoms with Gasteiger partial charge in [-0.3, -0.25) is 4.90 Å². The van der Waals surface area contributed by atoms with E-state index in [4.69, 9.17) is 4.42 Å². The van der Waals surface area contributed by atoms with Crippen LogP contribution >= 0.6 is 0 Å². The monoisotopic (exact) mass is 327 g/mol. The van der Waals surface area contributed by atoms with E-state index in [0.717, 1.165) is 18.8 Å². The van der Waals surface area contributed by atoms with Crippen molar-refractivity contribution in [2.24, 2.45) is 0 Å². The van der Waals surface area contributed by atoms with Crippen LogP contribution < -0.4 is 5.32 Å². The molecule has 122 valence electrons. The minimum absolute atomic E-state index is 0.102. The minimum Gasteiger partial charge on any atom is -0.467 e. The molecule has 0 aromatic carbocycles. The molecule has 1 unspecified atom stereocenters. The lowest BCUT2D eigenvalue weighted by Gasteiger charge is -2.37. The molecule has 0 aliphatic carbocycles. The molecule has 1 atom stereocenters. The van der Waals surface area contributed by atoms with Crippen LogP contribution in [0.4, 0.5) is 4.79 Å². The molecule has 3 heterocycles. The van der Waals surface area contributed by atoms with E-state index in [9.17, 15) is 13.2 Å². The van der Waals surface area contributed by atoms with Gasteiger partial charge in [0.15, 0.2) is 9.84 Å². The van der Waals surface area contributed by atoms with E-state index in [1.54, 1.807) is 17.2 Å². The van der Waals surface area contributed by atoms with Crippen molar-refractivity contribution in [1.29, 1.82) is 0 Å². The van der Waals surface area contributed by atoms with Crippen molar-refractivity contribution >= 4 is 15.9 Å². The SMILES string of the molecule is O=C(NCc1ccco1)N1CCN(C2CCS(=O)(=O)C2)CC1. The molecule has 7 nitrogen and oxygen atoms in total. The fourth-order valence-corrected chi connectivity index (χ4v) is 4.80. The van der Waals surface area contributed by atoms with Crippen LogP contribution in [0, 0.1) is 0 Å². The summed E-state index contributed by atoms with van der Waals surface area (Å²) in [7, 11) is -2.85. The molecule has 2 fully saturated rings. The lowest BCUT2D eigenvalue weighted by molar-refractivity contribution is 0.115. The number of rotatable bonds is 3. The van der Waals surface area contributed by atoms with Gasteiger partial charge in [-0.05, 0) is 18.6 Å². The van der Waals surface area contributed by atoms with Crippen LogP contribution in [-0.2, 0) is 16.4 Å². The number of nitrogens with one attached hydrogen (secondary N) is 1. The highest BCUT2D eigenvalue weighted by atomic mass is 32.2. The highest BCUT2D eigenvalue weighted by Gasteiger charge is 2.34. The van der Waals surface area contributed by atoms with E-state index in [1.807, 2.05) is 6.07 Å². The molecule has 1 aromatic rings. The lowest BCUT2D eigenvalue weighted by Crippen LogP contribution is -2.54. The molecule has 8 heteroatoms. The summed E-state index contributed by atoms with van der Waals surface area (Å²) < 4.78 is 28.3. The van der Waals surface area contributed by atoms with Crippen LogP contribution in [0.3, 0.4) is 0 Å². The summed E-state index contributed by atoms with van der Waals surface area (Å²) in [6.45, 7) is 3.09. The van der Waals surface area contributed by atoms with E-state index < -0.39 is 9.84 Å². The Bertz CT molecular complexity index is 606. The molecule has 3 rings (SSSR count). The molecule has 0 bridgehead atoms. The zero-order valence-electron chi connectivity index (χ0n) is 12.4. The number of piperazine rings is 1. The first-order valence-corrected chi connectivity index (χ1v) is 9.35. The Morgan fingerprint density at radius 3 is 2.68 bits per heavy atom. The molecule has 0 spiro atoms. The quantitative estimate of drug-likeness (QED) is 0.863. The van der Waals surface area contributed by atoms with Crippen molar-refractivity contribution in [2.45, 2.75) is 19.0 Å². The molecular formula is C14H21N3O4S. The standard InChI is InChI=1S/C14H21N3O4S/c18-14(15-10-13-2-1-8-21-13)17-6-4-16(5-7-17)12-3-9-22(19,20)11-12/h1-2,8,12H,3-7,9-11H2,(H,15,18). The maximum Gasteiger partial charge on any atom is 0.317 e. The van der Waals surface area contributed by atoms with E-state index in [-0.39, 0.29) is 17.8 Å². The summed E-state index contributed by atoms with van der Waals surface area (Å²) in [5, 5.41) is 2.83. The number of amides is 2. The summed E-state index contributed by atoms with van der Waals surface area (Å²) in [5.41, 5.74) is 0. The summed E-state index contributed by atoms with van der Waals surface area (Å²) >= 11 is 0. The number of carbonyl (C=O) groups excluding carboxylic acids is 1. The first-order valence-electron chi connectivity index (χ1n) is 7.53. The molecular weight excluding hydrogens is 306 g/mol. The Hall–Kier alpha value is -1.54. The summed E-state index contributed by atoms with van der Waals surface area (Å²) in [4.78, 5) is 16.0. The number of furan rings is 1. The Kier molecular flexibility index (Phi) is 4.39. The first-order chi connectivity index (χ1) is 10.5. The maximum absolute atomic E-state index is 12.1. The van der Waals surface area contributed by atoms with E-state index >= 15 is 0 Å². The van der Waals surface area contributed by atoms with E-state index in [2.05, 4.69) is 10.2 Å². The van der Waals surface area contributed by atoms with Crippen molar-refractivity contribution in [3.8, 4) is 0 Å². The molecule has 0 saturated carbocycles. The molecule has 1 N–H and O–H groups in total. The smallest absolute Gasteiger partial charge is 0.317 e. The summed E-state index contributed by atoms with van der Waals surface area (Å²) in [6, 6.07) is 3.63. The van der Waals surface area contributed by atoms with Crippen molar-refractivity contribution in [2.75, 3.05) is 37.7 Å². The largest absolute Gasteiger partial charge is 0.467 e. The van der Waals surface area contributed by atoms with Crippen molar-refractivity contribution < 1.29 is 17.6 Å². The third-order valence-corrected chi connectivity index (χ3v) is 6.07. The van der Waals surface area contributed by atoms with Gasteiger partial charge in [0, 0.05) is 32.2 Å². The normalized spacial score (nSPS) is 25.3. The van der Waals surface area contributed by atoms with Crippen LogP contribution in [0.5, 0.6) is 0 Å². The van der Waals surface area contributed by atoms with Gasteiger partial charge >= 0.3 is 6.03 Å². The molecule has 22 heavy (non-hydrogen) atoms. The lowest BCUT2D eigenvalue weighted by atomic mass is 10.2. The van der Waals surface area contributed by atoms with Gasteiger partial charge in [0.05, 0.1) is 24.3 Å². The second-order valence-electron chi connectivity index (χ2n) is 5.82. The molecule has 1 aromatic heterocycles. The molecule has 2 aliphatic heterocycles. The van der Waals surface area contributed by atoms with Gasteiger partial charge < -0.3 is 14.6 Å². The third-order valence-electron chi connectivity index (χ3n) is 4.32. The fraction of sp³-hybridized carbons (Fsp3) is 0.643. The van der Waals surface area contributed by atoms with Gasteiger partial charge in [0.1, 0.15) is 5.76 Å². The zero-order chi connectivity index (χ0) is 15.6. The second kappa shape index (κ2) is 6.29. The Morgan fingerprint density at radius 2 is 2.09 bits per heavy atom. The average molecular weight is 327 g/mol. The summed E-state index contributed by atoms with van der Waals surface area (Å²) in [6.07, 6.45) is 2.29. The molecule has 2 amide bonds. The van der Waals surface area contributed by atoms with Crippen molar-refractivity contribution in [3.63, 3.8) is 0 Å². The van der Waals surface area contributed by atoms with E-state index in [1.165, 1.54) is 0 Å². The minimum atomic E-state index is -2.85. The molecule has 2 saturated heterocycles. The fourth-order valence-electron chi connectivity index (χ4n) is 3.04. The predicted molar refractivity (Wildman–Crippen MR) is 81.1 cm³/mol. The summed E-state index contributed by atoms with van der Waals surface area (Å²) in [5.74, 6) is 1.28. The van der Waals surface area contributed by atoms with Crippen LogP contribution in [-0.4, -0.2) is 68.0 Å². The maximum atomic E-state index is 12.1. The van der Waals surface area contributed by atoms with E-state index in [0.29, 0.717) is 31.8 Å². The van der Waals surface area contributed by atoms with Gasteiger partial charge in [-0.1, -0.05) is 0 Å². The van der Waals surface area contributed by atoms with Crippen LogP contribution in [0.25, 0.3) is 0 Å². The van der Waals surface area contributed by atoms with Gasteiger partial charge in [0.2, 0.25) is 0 Å². The topological polar surface area (TPSA) is 82.9 Å². The number of hydrogen-bond acceptors (Lipinski definition) is 5. The predicted octanol–water partition coefficient (Wildman–Crippen LogP) is 0.294. The highest BCUT2D eigenvalue weighted by Crippen LogP contribution is 2.19. The number of carbonyl (C=O) groups is 1. The van der Waals surface area contributed by atoms with Crippen molar-refractivity contribution in [3.05, 3.63) is 24.2 Å². The average Bonchev–Trinajstić information content (AvgIpc) is 3.14. The Labute approximate surface area is 130 Å². The third kappa shape index (κ3) is 3.61. The number of sulfone groups is 1. The van der Waals surface area contributed by atoms with Gasteiger partial charge in [0.25, 0.3) is 0 Å². The number of nitrogens with zero attached hydrogens (tertiary/aromatic N) is 2. The van der Waals surface area contributed by atoms with Crippen molar-refractivity contribution in [1.82, 2.24) is 15.1 Å². The Balaban J connectivity index is 1.44.